The molecule has 0 amide bonds. The Morgan fingerprint density at radius 1 is 1.17 bits per heavy atom. The van der Waals surface area contributed by atoms with Crippen LogP contribution in [0.15, 0.2) is 11.6 Å². The second-order valence-corrected chi connectivity index (χ2v) is 8.90. The summed E-state index contributed by atoms with van der Waals surface area (Å²) in [7, 11) is -2.86. The molecular weight excluding hydrogens is 335 g/mol. The summed E-state index contributed by atoms with van der Waals surface area (Å²) in [4.78, 5) is 12.1. The molecule has 0 heterocycles. The molecule has 0 radical (unpaired) electrons. The van der Waals surface area contributed by atoms with Crippen molar-refractivity contribution in [3.63, 3.8) is 0 Å². The van der Waals surface area contributed by atoms with E-state index in [0.717, 1.165) is 25.7 Å². The predicted molar refractivity (Wildman–Crippen MR) is 97.7 cm³/mol. The molecule has 4 nitrogen and oxygen atoms in total. The van der Waals surface area contributed by atoms with Crippen LogP contribution < -0.4 is 0 Å². The van der Waals surface area contributed by atoms with E-state index < -0.39 is 7.37 Å². The normalized spacial score (nSPS) is 14.8. The Morgan fingerprint density at radius 2 is 1.87 bits per heavy atom. The molecule has 0 aliphatic carbocycles. The van der Waals surface area contributed by atoms with Crippen LogP contribution in [0.25, 0.3) is 0 Å². The minimum atomic E-state index is -2.86. The molecule has 6 heteroatoms. The fraction of sp³-hybridized carbons (Fsp3) is 0.824. The molecule has 23 heavy (non-hydrogen) atoms. The predicted octanol–water partition coefficient (Wildman–Crippen LogP) is 5.25. The summed E-state index contributed by atoms with van der Waals surface area (Å²) in [5, 5.41) is 0. The lowest BCUT2D eigenvalue weighted by atomic mass is 10.1. The quantitative estimate of drug-likeness (QED) is 0.147. The second-order valence-electron chi connectivity index (χ2n) is 5.95. The van der Waals surface area contributed by atoms with Crippen molar-refractivity contribution in [2.24, 2.45) is 5.92 Å². The molecule has 0 fully saturated rings. The number of rotatable bonds is 13. The van der Waals surface area contributed by atoms with Gasteiger partial charge >= 0.3 is 5.97 Å². The van der Waals surface area contributed by atoms with Gasteiger partial charge in [-0.1, -0.05) is 26.3 Å². The smallest absolute Gasteiger partial charge is 0.334 e. The van der Waals surface area contributed by atoms with Gasteiger partial charge in [0.1, 0.15) is 0 Å². The molecule has 0 saturated carbocycles. The number of allylic oxidation sites excluding steroid dienone is 1. The number of alkyl halides is 1. The standard InChI is InChI=1S/C17H32ClO4P/c1-5-21-17(19)16(11-9-7-8-10-12-18)14-23(20,22-6-2)13-15(3)4/h11,15H,5-10,12-14H2,1-4H3/b16-11-. The Labute approximate surface area is 146 Å². The van der Waals surface area contributed by atoms with Crippen molar-refractivity contribution in [1.82, 2.24) is 0 Å². The molecule has 0 aromatic carbocycles. The molecule has 0 spiro atoms. The van der Waals surface area contributed by atoms with Gasteiger partial charge in [-0.2, -0.15) is 0 Å². The fourth-order valence-corrected chi connectivity index (χ4v) is 5.22. The van der Waals surface area contributed by atoms with E-state index in [-0.39, 0.29) is 18.0 Å². The zero-order valence-corrected chi connectivity index (χ0v) is 16.6. The van der Waals surface area contributed by atoms with Gasteiger partial charge < -0.3 is 9.26 Å². The van der Waals surface area contributed by atoms with Crippen LogP contribution in [0.2, 0.25) is 0 Å². The van der Waals surface area contributed by atoms with Gasteiger partial charge in [-0.15, -0.1) is 11.6 Å². The summed E-state index contributed by atoms with van der Waals surface area (Å²) in [5.74, 6) is 0.524. The van der Waals surface area contributed by atoms with Crippen LogP contribution in [0.5, 0.6) is 0 Å². The van der Waals surface area contributed by atoms with E-state index >= 15 is 0 Å². The van der Waals surface area contributed by atoms with Crippen LogP contribution in [0.4, 0.5) is 0 Å². The number of hydrogen-bond acceptors (Lipinski definition) is 4. The Hall–Kier alpha value is -0.310. The van der Waals surface area contributed by atoms with Gasteiger partial charge in [0, 0.05) is 17.6 Å². The largest absolute Gasteiger partial charge is 0.463 e. The molecule has 1 unspecified atom stereocenters. The Kier molecular flexibility index (Phi) is 12.9. The van der Waals surface area contributed by atoms with Crippen LogP contribution in [0.1, 0.15) is 53.4 Å². The maximum absolute atomic E-state index is 13.0. The molecule has 1 atom stereocenters. The first-order chi connectivity index (χ1) is 10.9. The zero-order valence-electron chi connectivity index (χ0n) is 15.0. The minimum absolute atomic E-state index is 0.160. The van der Waals surface area contributed by atoms with Gasteiger partial charge in [0.05, 0.1) is 19.4 Å². The Morgan fingerprint density at radius 3 is 2.39 bits per heavy atom. The minimum Gasteiger partial charge on any atom is -0.463 e. The summed E-state index contributed by atoms with van der Waals surface area (Å²) in [6.07, 6.45) is 6.20. The third kappa shape index (κ3) is 11.0. The number of halogens is 1. The molecule has 0 aromatic heterocycles. The van der Waals surface area contributed by atoms with E-state index in [1.165, 1.54) is 0 Å². The Balaban J connectivity index is 4.98. The molecule has 0 rings (SSSR count). The lowest BCUT2D eigenvalue weighted by Gasteiger charge is -2.20. The van der Waals surface area contributed by atoms with Gasteiger partial charge in [0.2, 0.25) is 7.37 Å². The highest BCUT2D eigenvalue weighted by Crippen LogP contribution is 2.50. The molecule has 0 N–H and O–H groups in total. The van der Waals surface area contributed by atoms with Crippen LogP contribution in [-0.2, 0) is 18.6 Å². The molecule has 0 aromatic rings. The summed E-state index contributed by atoms with van der Waals surface area (Å²) >= 11 is 5.66. The lowest BCUT2D eigenvalue weighted by Crippen LogP contribution is -2.14. The van der Waals surface area contributed by atoms with E-state index in [1.807, 2.05) is 26.8 Å². The monoisotopic (exact) mass is 366 g/mol. The van der Waals surface area contributed by atoms with E-state index in [9.17, 15) is 9.36 Å². The highest BCUT2D eigenvalue weighted by Gasteiger charge is 2.28. The van der Waals surface area contributed by atoms with Gasteiger partial charge in [0.15, 0.2) is 0 Å². The van der Waals surface area contributed by atoms with Crippen LogP contribution in [0.3, 0.4) is 0 Å². The van der Waals surface area contributed by atoms with E-state index in [2.05, 4.69) is 0 Å². The SMILES string of the molecule is CCOC(=O)/C(=C\CCCCCCl)CP(=O)(CC(C)C)OCC. The first-order valence-electron chi connectivity index (χ1n) is 8.53. The topological polar surface area (TPSA) is 52.6 Å². The van der Waals surface area contributed by atoms with Gasteiger partial charge in [-0.3, -0.25) is 4.57 Å². The van der Waals surface area contributed by atoms with Crippen molar-refractivity contribution in [2.75, 3.05) is 31.4 Å². The van der Waals surface area contributed by atoms with Gasteiger partial charge in [-0.05, 0) is 39.0 Å². The van der Waals surface area contributed by atoms with Gasteiger partial charge in [0.25, 0.3) is 0 Å². The van der Waals surface area contributed by atoms with E-state index in [4.69, 9.17) is 20.9 Å². The number of carbonyl (C=O) groups is 1. The molecule has 0 aliphatic rings. The number of ether oxygens (including phenoxy) is 1. The molecular formula is C17H32ClO4P. The second kappa shape index (κ2) is 13.0. The maximum atomic E-state index is 13.0. The molecule has 0 saturated heterocycles. The first kappa shape index (κ1) is 22.7. The van der Waals surface area contributed by atoms with Crippen LogP contribution in [0, 0.1) is 5.92 Å². The number of unbranched alkanes of at least 4 members (excludes halogenated alkanes) is 3. The average Bonchev–Trinajstić information content (AvgIpc) is 2.45. The highest BCUT2D eigenvalue weighted by molar-refractivity contribution is 7.59. The van der Waals surface area contributed by atoms with E-state index in [0.29, 0.717) is 30.8 Å². The van der Waals surface area contributed by atoms with Crippen molar-refractivity contribution >= 4 is 24.9 Å². The van der Waals surface area contributed by atoms with Crippen molar-refractivity contribution in [3.05, 3.63) is 11.6 Å². The van der Waals surface area contributed by atoms with Gasteiger partial charge in [-0.25, -0.2) is 4.79 Å². The van der Waals surface area contributed by atoms with Crippen LogP contribution in [-0.4, -0.2) is 37.4 Å². The van der Waals surface area contributed by atoms with Crippen molar-refractivity contribution in [1.29, 1.82) is 0 Å². The fourth-order valence-electron chi connectivity index (χ4n) is 2.34. The summed E-state index contributed by atoms with van der Waals surface area (Å²) in [6, 6.07) is 0. The third-order valence-electron chi connectivity index (χ3n) is 3.19. The Bertz CT molecular complexity index is 407. The first-order valence-corrected chi connectivity index (χ1v) is 11.1. The summed E-state index contributed by atoms with van der Waals surface area (Å²) < 4.78 is 23.6. The number of hydrogen-bond donors (Lipinski definition) is 0. The van der Waals surface area contributed by atoms with E-state index in [1.54, 1.807) is 6.92 Å². The molecule has 136 valence electrons. The summed E-state index contributed by atoms with van der Waals surface area (Å²) in [5.41, 5.74) is 0.482. The zero-order chi connectivity index (χ0) is 17.7. The van der Waals surface area contributed by atoms with Crippen molar-refractivity contribution < 1.29 is 18.6 Å². The maximum Gasteiger partial charge on any atom is 0.334 e. The third-order valence-corrected chi connectivity index (χ3v) is 6.29. The summed E-state index contributed by atoms with van der Waals surface area (Å²) in [6.45, 7) is 8.30. The van der Waals surface area contributed by atoms with Crippen molar-refractivity contribution in [2.45, 2.75) is 53.4 Å². The number of esters is 1. The lowest BCUT2D eigenvalue weighted by molar-refractivity contribution is -0.138. The molecule has 0 aliphatic heterocycles. The average molecular weight is 367 g/mol. The number of carbonyl (C=O) groups excluding carboxylic acids is 1. The van der Waals surface area contributed by atoms with Crippen molar-refractivity contribution in [3.8, 4) is 0 Å². The molecule has 0 bridgehead atoms. The highest BCUT2D eigenvalue weighted by atomic mass is 35.5. The van der Waals surface area contributed by atoms with Crippen LogP contribution >= 0.6 is 19.0 Å².